The minimum absolute atomic E-state index is 0.178. The van der Waals surface area contributed by atoms with Gasteiger partial charge in [-0.2, -0.15) is 0 Å². The Kier molecular flexibility index (Phi) is 3.88. The summed E-state index contributed by atoms with van der Waals surface area (Å²) in [5.41, 5.74) is -0.525. The molecule has 0 aliphatic rings. The molecule has 3 nitrogen and oxygen atoms in total. The topological polar surface area (TPSA) is 35.5 Å². The highest BCUT2D eigenvalue weighted by Crippen LogP contribution is 2.12. The van der Waals surface area contributed by atoms with Gasteiger partial charge in [-0.15, -0.1) is 0 Å². The summed E-state index contributed by atoms with van der Waals surface area (Å²) in [6.45, 7) is 5.16. The van der Waals surface area contributed by atoms with Crippen molar-refractivity contribution in [2.75, 3.05) is 6.61 Å². The molecule has 0 unspecified atom stereocenters. The quantitative estimate of drug-likeness (QED) is 0.743. The Morgan fingerprint density at radius 2 is 1.81 bits per heavy atom. The van der Waals surface area contributed by atoms with Gasteiger partial charge in [0.2, 0.25) is 0 Å². The van der Waals surface area contributed by atoms with Crippen LogP contribution in [0.15, 0.2) is 24.3 Å². The standard InChI is InChI=1S/C12H15FO3/c1-12(2,3)16-11(14)8-15-10-6-4-9(13)5-7-10/h4-7H,8H2,1-3H3. The molecule has 0 spiro atoms. The minimum Gasteiger partial charge on any atom is -0.482 e. The van der Waals surface area contributed by atoms with Gasteiger partial charge in [0.05, 0.1) is 0 Å². The smallest absolute Gasteiger partial charge is 0.344 e. The van der Waals surface area contributed by atoms with E-state index in [2.05, 4.69) is 0 Å². The molecule has 0 saturated carbocycles. The van der Waals surface area contributed by atoms with Crippen molar-refractivity contribution in [3.8, 4) is 5.75 Å². The molecule has 0 saturated heterocycles. The normalized spacial score (nSPS) is 11.0. The SMILES string of the molecule is CC(C)(C)OC(=O)COc1ccc(F)cc1. The second-order valence-electron chi connectivity index (χ2n) is 4.33. The van der Waals surface area contributed by atoms with E-state index in [-0.39, 0.29) is 12.4 Å². The fourth-order valence-corrected chi connectivity index (χ4v) is 1.04. The van der Waals surface area contributed by atoms with Crippen LogP contribution in [0.3, 0.4) is 0 Å². The number of hydrogen-bond donors (Lipinski definition) is 0. The lowest BCUT2D eigenvalue weighted by Gasteiger charge is -2.19. The maximum Gasteiger partial charge on any atom is 0.344 e. The van der Waals surface area contributed by atoms with E-state index in [4.69, 9.17) is 9.47 Å². The van der Waals surface area contributed by atoms with E-state index in [1.54, 1.807) is 20.8 Å². The molecule has 1 aromatic rings. The first-order valence-electron chi connectivity index (χ1n) is 4.97. The highest BCUT2D eigenvalue weighted by atomic mass is 19.1. The molecule has 0 aliphatic heterocycles. The van der Waals surface area contributed by atoms with Gasteiger partial charge >= 0.3 is 5.97 Å². The van der Waals surface area contributed by atoms with Crippen LogP contribution in [-0.2, 0) is 9.53 Å². The van der Waals surface area contributed by atoms with E-state index in [9.17, 15) is 9.18 Å². The third kappa shape index (κ3) is 4.77. The Morgan fingerprint density at radius 3 is 2.31 bits per heavy atom. The number of carbonyl (C=O) groups is 1. The van der Waals surface area contributed by atoms with Crippen molar-refractivity contribution < 1.29 is 18.7 Å². The largest absolute Gasteiger partial charge is 0.482 e. The van der Waals surface area contributed by atoms with Crippen LogP contribution in [0.5, 0.6) is 5.75 Å². The Hall–Kier alpha value is -1.58. The minimum atomic E-state index is -0.525. The summed E-state index contributed by atoms with van der Waals surface area (Å²) in [5.74, 6) is -0.353. The Balaban J connectivity index is 2.40. The molecule has 0 fully saturated rings. The van der Waals surface area contributed by atoms with E-state index >= 15 is 0 Å². The Morgan fingerprint density at radius 1 is 1.25 bits per heavy atom. The summed E-state index contributed by atoms with van der Waals surface area (Å²) < 4.78 is 22.7. The van der Waals surface area contributed by atoms with Crippen molar-refractivity contribution in [1.82, 2.24) is 0 Å². The van der Waals surface area contributed by atoms with Crippen molar-refractivity contribution in [3.63, 3.8) is 0 Å². The molecule has 0 radical (unpaired) electrons. The lowest BCUT2D eigenvalue weighted by Crippen LogP contribution is -2.27. The number of rotatable bonds is 3. The number of carbonyl (C=O) groups excluding carboxylic acids is 1. The molecule has 0 aromatic heterocycles. The van der Waals surface area contributed by atoms with E-state index < -0.39 is 11.6 Å². The molecule has 0 N–H and O–H groups in total. The molecule has 4 heteroatoms. The van der Waals surface area contributed by atoms with E-state index in [1.165, 1.54) is 24.3 Å². The maximum atomic E-state index is 12.6. The number of ether oxygens (including phenoxy) is 2. The van der Waals surface area contributed by atoms with Gasteiger partial charge in [-0.05, 0) is 45.0 Å². The number of esters is 1. The van der Waals surface area contributed by atoms with Gasteiger partial charge < -0.3 is 9.47 Å². The molecular weight excluding hydrogens is 211 g/mol. The fraction of sp³-hybridized carbons (Fsp3) is 0.417. The van der Waals surface area contributed by atoms with Crippen LogP contribution in [0.4, 0.5) is 4.39 Å². The van der Waals surface area contributed by atoms with Gasteiger partial charge in [0.1, 0.15) is 17.2 Å². The third-order valence-electron chi connectivity index (χ3n) is 1.59. The van der Waals surface area contributed by atoms with Gasteiger partial charge in [0, 0.05) is 0 Å². The second-order valence-corrected chi connectivity index (χ2v) is 4.33. The fourth-order valence-electron chi connectivity index (χ4n) is 1.04. The monoisotopic (exact) mass is 226 g/mol. The van der Waals surface area contributed by atoms with Gasteiger partial charge in [-0.3, -0.25) is 0 Å². The highest BCUT2D eigenvalue weighted by molar-refractivity contribution is 5.71. The summed E-state index contributed by atoms with van der Waals surface area (Å²) in [6.07, 6.45) is 0. The lowest BCUT2D eigenvalue weighted by molar-refractivity contribution is -0.157. The number of halogens is 1. The number of hydrogen-bond acceptors (Lipinski definition) is 3. The Bertz CT molecular complexity index is 352. The lowest BCUT2D eigenvalue weighted by atomic mass is 10.2. The van der Waals surface area contributed by atoms with Crippen LogP contribution >= 0.6 is 0 Å². The van der Waals surface area contributed by atoms with Crippen LogP contribution in [0.25, 0.3) is 0 Å². The zero-order valence-corrected chi connectivity index (χ0v) is 9.62. The average Bonchev–Trinajstić information content (AvgIpc) is 2.14. The molecule has 1 rings (SSSR count). The maximum absolute atomic E-state index is 12.6. The zero-order chi connectivity index (χ0) is 12.2. The van der Waals surface area contributed by atoms with Crippen molar-refractivity contribution in [2.24, 2.45) is 0 Å². The van der Waals surface area contributed by atoms with Crippen LogP contribution in [-0.4, -0.2) is 18.2 Å². The van der Waals surface area contributed by atoms with Gasteiger partial charge in [-0.25, -0.2) is 9.18 Å². The van der Waals surface area contributed by atoms with Crippen molar-refractivity contribution in [2.45, 2.75) is 26.4 Å². The van der Waals surface area contributed by atoms with Crippen molar-refractivity contribution in [1.29, 1.82) is 0 Å². The summed E-state index contributed by atoms with van der Waals surface area (Å²) in [5, 5.41) is 0. The predicted molar refractivity (Wildman–Crippen MR) is 57.7 cm³/mol. The van der Waals surface area contributed by atoms with Crippen LogP contribution < -0.4 is 4.74 Å². The summed E-state index contributed by atoms with van der Waals surface area (Å²) in [7, 11) is 0. The molecule has 88 valence electrons. The molecule has 0 amide bonds. The zero-order valence-electron chi connectivity index (χ0n) is 9.62. The van der Waals surface area contributed by atoms with Crippen molar-refractivity contribution >= 4 is 5.97 Å². The van der Waals surface area contributed by atoms with Gasteiger partial charge in [0.25, 0.3) is 0 Å². The summed E-state index contributed by atoms with van der Waals surface area (Å²) in [6, 6.07) is 5.45. The molecule has 0 bridgehead atoms. The van der Waals surface area contributed by atoms with Crippen LogP contribution in [0, 0.1) is 5.82 Å². The molecular formula is C12H15FO3. The summed E-state index contributed by atoms with van der Waals surface area (Å²) >= 11 is 0. The summed E-state index contributed by atoms with van der Waals surface area (Å²) in [4.78, 5) is 11.3. The highest BCUT2D eigenvalue weighted by Gasteiger charge is 2.16. The first kappa shape index (κ1) is 12.5. The van der Waals surface area contributed by atoms with E-state index in [1.807, 2.05) is 0 Å². The van der Waals surface area contributed by atoms with E-state index in [0.717, 1.165) is 0 Å². The second kappa shape index (κ2) is 4.96. The molecule has 16 heavy (non-hydrogen) atoms. The Labute approximate surface area is 94.2 Å². The van der Waals surface area contributed by atoms with Gasteiger partial charge in [-0.1, -0.05) is 0 Å². The third-order valence-corrected chi connectivity index (χ3v) is 1.59. The number of benzene rings is 1. The van der Waals surface area contributed by atoms with Crippen LogP contribution in [0.1, 0.15) is 20.8 Å². The predicted octanol–water partition coefficient (Wildman–Crippen LogP) is 2.55. The molecule has 0 heterocycles. The first-order chi connectivity index (χ1) is 7.37. The molecule has 0 atom stereocenters. The average molecular weight is 226 g/mol. The van der Waals surface area contributed by atoms with Crippen molar-refractivity contribution in [3.05, 3.63) is 30.1 Å². The van der Waals surface area contributed by atoms with E-state index in [0.29, 0.717) is 5.75 Å². The first-order valence-corrected chi connectivity index (χ1v) is 4.97. The van der Waals surface area contributed by atoms with Gasteiger partial charge in [0.15, 0.2) is 6.61 Å². The molecule has 1 aromatic carbocycles. The molecule has 0 aliphatic carbocycles. The van der Waals surface area contributed by atoms with Crippen LogP contribution in [0.2, 0.25) is 0 Å².